The monoisotopic (exact) mass is 294 g/mol. The van der Waals surface area contributed by atoms with Crippen molar-refractivity contribution in [1.82, 2.24) is 15.1 Å². The van der Waals surface area contributed by atoms with E-state index >= 15 is 0 Å². The number of aromatic nitrogens is 2. The van der Waals surface area contributed by atoms with Gasteiger partial charge < -0.3 is 10.6 Å². The molecule has 19 heavy (non-hydrogen) atoms. The predicted molar refractivity (Wildman–Crippen MR) is 82.6 cm³/mol. The van der Waals surface area contributed by atoms with Crippen LogP contribution in [0, 0.1) is 6.92 Å². The molecule has 2 aromatic rings. The van der Waals surface area contributed by atoms with Crippen LogP contribution < -0.4 is 10.6 Å². The number of nitrogens with one attached hydrogen (secondary N) is 2. The fraction of sp³-hybridized carbons (Fsp3) is 0.231. The van der Waals surface area contributed by atoms with E-state index in [-0.39, 0.29) is 0 Å². The third-order valence-corrected chi connectivity index (χ3v) is 3.06. The molecule has 6 heteroatoms. The standard InChI is InChI=1S/C13H15ClN4S/c1-10-4-2-3-5-12(10)17-13(19)15-6-7-18-9-11(14)8-16-18/h2-5,8-9H,6-7H2,1H3,(H2,15,17,19). The zero-order valence-corrected chi connectivity index (χ0v) is 12.1. The van der Waals surface area contributed by atoms with E-state index in [1.807, 2.05) is 31.2 Å². The molecule has 2 rings (SSSR count). The number of para-hydroxylation sites is 1. The Balaban J connectivity index is 1.77. The molecule has 0 fully saturated rings. The van der Waals surface area contributed by atoms with Crippen LogP contribution in [0.15, 0.2) is 36.7 Å². The lowest BCUT2D eigenvalue weighted by molar-refractivity contribution is 0.604. The van der Waals surface area contributed by atoms with Crippen LogP contribution in [0.3, 0.4) is 0 Å². The van der Waals surface area contributed by atoms with Crippen LogP contribution in [0.1, 0.15) is 5.56 Å². The summed E-state index contributed by atoms with van der Waals surface area (Å²) in [5, 5.41) is 11.6. The van der Waals surface area contributed by atoms with Gasteiger partial charge in [0.1, 0.15) is 0 Å². The first kappa shape index (κ1) is 13.8. The maximum absolute atomic E-state index is 5.78. The molecule has 4 nitrogen and oxygen atoms in total. The molecule has 0 aliphatic heterocycles. The van der Waals surface area contributed by atoms with Crippen LogP contribution in [0.2, 0.25) is 5.02 Å². The second kappa shape index (κ2) is 6.54. The van der Waals surface area contributed by atoms with Gasteiger partial charge in [0.25, 0.3) is 0 Å². The van der Waals surface area contributed by atoms with Crippen LogP contribution in [0.4, 0.5) is 5.69 Å². The van der Waals surface area contributed by atoms with E-state index in [9.17, 15) is 0 Å². The summed E-state index contributed by atoms with van der Waals surface area (Å²) in [4.78, 5) is 0. The Morgan fingerprint density at radius 1 is 1.42 bits per heavy atom. The van der Waals surface area contributed by atoms with Gasteiger partial charge in [-0.05, 0) is 30.8 Å². The molecule has 0 bridgehead atoms. The SMILES string of the molecule is Cc1ccccc1NC(=S)NCCn1cc(Cl)cn1. The van der Waals surface area contributed by atoms with Crippen LogP contribution in [0.25, 0.3) is 0 Å². The minimum Gasteiger partial charge on any atom is -0.361 e. The van der Waals surface area contributed by atoms with Crippen molar-refractivity contribution in [3.05, 3.63) is 47.2 Å². The van der Waals surface area contributed by atoms with Gasteiger partial charge in [-0.3, -0.25) is 4.68 Å². The first-order valence-corrected chi connectivity index (χ1v) is 6.72. The molecular formula is C13H15ClN4S. The van der Waals surface area contributed by atoms with Crippen molar-refractivity contribution in [1.29, 1.82) is 0 Å². The molecular weight excluding hydrogens is 280 g/mol. The summed E-state index contributed by atoms with van der Waals surface area (Å²) in [5.74, 6) is 0. The van der Waals surface area contributed by atoms with E-state index < -0.39 is 0 Å². The summed E-state index contributed by atoms with van der Waals surface area (Å²) in [6.07, 6.45) is 3.40. The normalized spacial score (nSPS) is 10.2. The Bertz CT molecular complexity index is 567. The van der Waals surface area contributed by atoms with E-state index in [1.54, 1.807) is 17.1 Å². The van der Waals surface area contributed by atoms with Gasteiger partial charge in [-0.1, -0.05) is 29.8 Å². The Hall–Kier alpha value is -1.59. The molecule has 0 aliphatic carbocycles. The fourth-order valence-electron chi connectivity index (χ4n) is 1.62. The van der Waals surface area contributed by atoms with E-state index in [1.165, 1.54) is 0 Å². The number of benzene rings is 1. The van der Waals surface area contributed by atoms with Gasteiger partial charge in [-0.2, -0.15) is 5.10 Å². The van der Waals surface area contributed by atoms with Gasteiger partial charge in [-0.15, -0.1) is 0 Å². The summed E-state index contributed by atoms with van der Waals surface area (Å²) in [6, 6.07) is 8.01. The number of rotatable bonds is 4. The van der Waals surface area contributed by atoms with E-state index in [0.29, 0.717) is 23.2 Å². The van der Waals surface area contributed by atoms with Crippen molar-refractivity contribution in [3.8, 4) is 0 Å². The van der Waals surface area contributed by atoms with Crippen molar-refractivity contribution in [2.75, 3.05) is 11.9 Å². The van der Waals surface area contributed by atoms with Crippen molar-refractivity contribution < 1.29 is 0 Å². The summed E-state index contributed by atoms with van der Waals surface area (Å²) in [5.41, 5.74) is 2.17. The molecule has 2 N–H and O–H groups in total. The molecule has 0 spiro atoms. The smallest absolute Gasteiger partial charge is 0.170 e. The number of hydrogen-bond donors (Lipinski definition) is 2. The van der Waals surface area contributed by atoms with Crippen molar-refractivity contribution in [2.24, 2.45) is 0 Å². The Kier molecular flexibility index (Phi) is 4.76. The van der Waals surface area contributed by atoms with E-state index in [2.05, 4.69) is 15.7 Å². The summed E-state index contributed by atoms with van der Waals surface area (Å²) in [6.45, 7) is 3.44. The van der Waals surface area contributed by atoms with Crippen molar-refractivity contribution in [3.63, 3.8) is 0 Å². The average molecular weight is 295 g/mol. The first-order chi connectivity index (χ1) is 9.15. The lowest BCUT2D eigenvalue weighted by Crippen LogP contribution is -2.31. The Labute approximate surface area is 122 Å². The van der Waals surface area contributed by atoms with E-state index in [0.717, 1.165) is 11.3 Å². The third-order valence-electron chi connectivity index (χ3n) is 2.62. The quantitative estimate of drug-likeness (QED) is 0.851. The second-order valence-electron chi connectivity index (χ2n) is 4.12. The highest BCUT2D eigenvalue weighted by molar-refractivity contribution is 7.80. The fourth-order valence-corrected chi connectivity index (χ4v) is 1.99. The molecule has 0 radical (unpaired) electrons. The lowest BCUT2D eigenvalue weighted by Gasteiger charge is -2.12. The molecule has 100 valence electrons. The van der Waals surface area contributed by atoms with E-state index in [4.69, 9.17) is 23.8 Å². The molecule has 0 saturated carbocycles. The Morgan fingerprint density at radius 3 is 2.89 bits per heavy atom. The average Bonchev–Trinajstić information content (AvgIpc) is 2.78. The van der Waals surface area contributed by atoms with Gasteiger partial charge in [0.2, 0.25) is 0 Å². The maximum atomic E-state index is 5.78. The maximum Gasteiger partial charge on any atom is 0.170 e. The topological polar surface area (TPSA) is 41.9 Å². The zero-order chi connectivity index (χ0) is 13.7. The molecule has 0 atom stereocenters. The van der Waals surface area contributed by atoms with Gasteiger partial charge in [0.05, 0.1) is 17.8 Å². The van der Waals surface area contributed by atoms with Crippen LogP contribution >= 0.6 is 23.8 Å². The number of halogens is 1. The van der Waals surface area contributed by atoms with Crippen molar-refractivity contribution in [2.45, 2.75) is 13.5 Å². The van der Waals surface area contributed by atoms with Crippen LogP contribution in [-0.4, -0.2) is 21.4 Å². The number of anilines is 1. The molecule has 1 aromatic carbocycles. The summed E-state index contributed by atoms with van der Waals surface area (Å²) < 4.78 is 1.77. The molecule has 0 saturated heterocycles. The molecule has 1 aromatic heterocycles. The number of hydrogen-bond acceptors (Lipinski definition) is 2. The minimum atomic E-state index is 0.604. The van der Waals surface area contributed by atoms with Gasteiger partial charge in [-0.25, -0.2) is 0 Å². The molecule has 0 aliphatic rings. The summed E-state index contributed by atoms with van der Waals surface area (Å²) >= 11 is 11.0. The molecule has 1 heterocycles. The molecule has 0 amide bonds. The highest BCUT2D eigenvalue weighted by atomic mass is 35.5. The van der Waals surface area contributed by atoms with Gasteiger partial charge in [0.15, 0.2) is 5.11 Å². The summed E-state index contributed by atoms with van der Waals surface area (Å²) in [7, 11) is 0. The Morgan fingerprint density at radius 2 is 2.21 bits per heavy atom. The number of nitrogens with zero attached hydrogens (tertiary/aromatic N) is 2. The number of aryl methyl sites for hydroxylation is 1. The predicted octanol–water partition coefficient (Wildman–Crippen LogP) is 2.83. The first-order valence-electron chi connectivity index (χ1n) is 5.93. The van der Waals surface area contributed by atoms with Crippen LogP contribution in [-0.2, 0) is 6.54 Å². The highest BCUT2D eigenvalue weighted by Crippen LogP contribution is 2.12. The third kappa shape index (κ3) is 4.22. The zero-order valence-electron chi connectivity index (χ0n) is 10.6. The highest BCUT2D eigenvalue weighted by Gasteiger charge is 2.00. The largest absolute Gasteiger partial charge is 0.361 e. The lowest BCUT2D eigenvalue weighted by atomic mass is 10.2. The minimum absolute atomic E-state index is 0.604. The molecule has 0 unspecified atom stereocenters. The van der Waals surface area contributed by atoms with Gasteiger partial charge in [0, 0.05) is 18.4 Å². The second-order valence-corrected chi connectivity index (χ2v) is 4.96. The van der Waals surface area contributed by atoms with Crippen LogP contribution in [0.5, 0.6) is 0 Å². The van der Waals surface area contributed by atoms with Crippen molar-refractivity contribution >= 4 is 34.6 Å². The van der Waals surface area contributed by atoms with Gasteiger partial charge >= 0.3 is 0 Å². The number of thiocarbonyl (C=S) groups is 1.